The van der Waals surface area contributed by atoms with E-state index < -0.39 is 0 Å². The van der Waals surface area contributed by atoms with Crippen molar-refractivity contribution in [2.24, 2.45) is 12.0 Å². The normalized spacial score (nSPS) is 17.9. The molecule has 166 valence electrons. The first-order valence-electron chi connectivity index (χ1n) is 10.2. The molecule has 0 spiro atoms. The number of aliphatic imine (C=N–C) groups is 1. The van der Waals surface area contributed by atoms with E-state index in [1.807, 2.05) is 42.2 Å². The summed E-state index contributed by atoms with van der Waals surface area (Å²) in [5.41, 5.74) is 2.20. The smallest absolute Gasteiger partial charge is 0.191 e. The van der Waals surface area contributed by atoms with E-state index in [4.69, 9.17) is 21.3 Å². The van der Waals surface area contributed by atoms with Gasteiger partial charge in [0.05, 0.1) is 18.4 Å². The van der Waals surface area contributed by atoms with Crippen LogP contribution < -0.4 is 15.5 Å². The number of hydrogen-bond acceptors (Lipinski definition) is 4. The molecule has 3 rings (SSSR count). The molecule has 0 aliphatic carbocycles. The second-order valence-corrected chi connectivity index (χ2v) is 7.74. The topological polar surface area (TPSA) is 66.7 Å². The number of halogens is 2. The molecule has 2 N–H and O–H groups in total. The molecule has 2 heterocycles. The van der Waals surface area contributed by atoms with Crippen LogP contribution in [0.15, 0.2) is 41.7 Å². The Balaban J connectivity index is 0.00000320. The summed E-state index contributed by atoms with van der Waals surface area (Å²) < 4.78 is 7.49. The molecule has 7 nitrogen and oxygen atoms in total. The third-order valence-electron chi connectivity index (χ3n) is 5.08. The van der Waals surface area contributed by atoms with E-state index in [1.165, 1.54) is 5.69 Å². The molecule has 1 saturated heterocycles. The summed E-state index contributed by atoms with van der Waals surface area (Å²) >= 11 is 6.13. The first-order chi connectivity index (χ1) is 14.1. The second kappa shape index (κ2) is 12.4. The monoisotopic (exact) mass is 546 g/mol. The van der Waals surface area contributed by atoms with Crippen LogP contribution in [0.2, 0.25) is 5.02 Å². The Labute approximate surface area is 201 Å². The summed E-state index contributed by atoms with van der Waals surface area (Å²) in [6.45, 7) is 5.38. The molecule has 0 radical (unpaired) electrons. The summed E-state index contributed by atoms with van der Waals surface area (Å²) in [4.78, 5) is 7.15. The number of nitrogens with one attached hydrogen (secondary N) is 2. The Morgan fingerprint density at radius 3 is 2.93 bits per heavy atom. The number of piperidine rings is 1. The largest absolute Gasteiger partial charge is 0.375 e. The lowest BCUT2D eigenvalue weighted by atomic mass is 10.1. The first kappa shape index (κ1) is 24.7. The molecule has 0 saturated carbocycles. The van der Waals surface area contributed by atoms with Gasteiger partial charge in [0.1, 0.15) is 6.10 Å². The van der Waals surface area contributed by atoms with Crippen LogP contribution in [-0.4, -0.2) is 55.1 Å². The maximum Gasteiger partial charge on any atom is 0.191 e. The van der Waals surface area contributed by atoms with Crippen LogP contribution in [-0.2, 0) is 11.8 Å². The number of methoxy groups -OCH3 is 1. The van der Waals surface area contributed by atoms with Crippen LogP contribution in [0.5, 0.6) is 0 Å². The SMILES string of the molecule is CCNC(=NCC(OC)c1cccc(Cl)c1)NC1CCCN(c2cnn(C)c2)C1.I. The number of rotatable bonds is 7. The van der Waals surface area contributed by atoms with Crippen molar-refractivity contribution < 1.29 is 4.74 Å². The van der Waals surface area contributed by atoms with Crippen molar-refractivity contribution in [1.82, 2.24) is 20.4 Å². The summed E-state index contributed by atoms with van der Waals surface area (Å²) in [6.07, 6.45) is 6.10. The highest BCUT2D eigenvalue weighted by Crippen LogP contribution is 2.21. The number of benzene rings is 1. The quantitative estimate of drug-likeness (QED) is 0.316. The number of ether oxygens (including phenoxy) is 1. The van der Waals surface area contributed by atoms with Crippen LogP contribution in [0.4, 0.5) is 5.69 Å². The second-order valence-electron chi connectivity index (χ2n) is 7.30. The zero-order valence-corrected chi connectivity index (χ0v) is 20.9. The summed E-state index contributed by atoms with van der Waals surface area (Å²) in [5, 5.41) is 11.9. The Kier molecular flexibility index (Phi) is 10.2. The molecule has 2 unspecified atom stereocenters. The average Bonchev–Trinajstić information content (AvgIpc) is 3.15. The van der Waals surface area contributed by atoms with Gasteiger partial charge in [0.2, 0.25) is 0 Å². The highest BCUT2D eigenvalue weighted by molar-refractivity contribution is 14.0. The van der Waals surface area contributed by atoms with E-state index in [2.05, 4.69) is 33.8 Å². The fraction of sp³-hybridized carbons (Fsp3) is 0.524. The van der Waals surface area contributed by atoms with Gasteiger partial charge in [-0.1, -0.05) is 23.7 Å². The molecule has 2 atom stereocenters. The van der Waals surface area contributed by atoms with Crippen LogP contribution in [0.25, 0.3) is 0 Å². The lowest BCUT2D eigenvalue weighted by Gasteiger charge is -2.34. The molecule has 0 amide bonds. The predicted molar refractivity (Wildman–Crippen MR) is 134 cm³/mol. The van der Waals surface area contributed by atoms with Crippen LogP contribution in [0.1, 0.15) is 31.4 Å². The van der Waals surface area contributed by atoms with Gasteiger partial charge in [0.25, 0.3) is 0 Å². The van der Waals surface area contributed by atoms with E-state index in [-0.39, 0.29) is 30.1 Å². The summed E-state index contributed by atoms with van der Waals surface area (Å²) in [5.74, 6) is 0.814. The van der Waals surface area contributed by atoms with Crippen molar-refractivity contribution in [3.05, 3.63) is 47.2 Å². The molecular formula is C21H32ClIN6O. The van der Waals surface area contributed by atoms with Gasteiger partial charge >= 0.3 is 0 Å². The average molecular weight is 547 g/mol. The lowest BCUT2D eigenvalue weighted by Crippen LogP contribution is -2.51. The number of nitrogens with zero attached hydrogens (tertiary/aromatic N) is 4. The molecule has 1 aliphatic heterocycles. The standard InChI is InChI=1S/C21H31ClN6O.HI/c1-4-23-21(24-13-20(29-3)16-7-5-8-17(22)11-16)26-18-9-6-10-28(14-18)19-12-25-27(2)15-19;/h5,7-8,11-12,15,18,20H,4,6,9-10,13-14H2,1-3H3,(H2,23,24,26);1H. The van der Waals surface area contributed by atoms with E-state index in [9.17, 15) is 0 Å². The van der Waals surface area contributed by atoms with Gasteiger partial charge in [0, 0.05) is 51.1 Å². The van der Waals surface area contributed by atoms with E-state index >= 15 is 0 Å². The van der Waals surface area contributed by atoms with Crippen LogP contribution in [0, 0.1) is 0 Å². The zero-order chi connectivity index (χ0) is 20.6. The van der Waals surface area contributed by atoms with Crippen molar-refractivity contribution in [3.8, 4) is 0 Å². The van der Waals surface area contributed by atoms with E-state index in [0.717, 1.165) is 44.0 Å². The number of hydrogen-bond donors (Lipinski definition) is 2. The van der Waals surface area contributed by atoms with Gasteiger partial charge in [-0.15, -0.1) is 24.0 Å². The van der Waals surface area contributed by atoms with Gasteiger partial charge < -0.3 is 20.3 Å². The van der Waals surface area contributed by atoms with Gasteiger partial charge in [0.15, 0.2) is 5.96 Å². The van der Waals surface area contributed by atoms with E-state index in [1.54, 1.807) is 7.11 Å². The molecule has 30 heavy (non-hydrogen) atoms. The highest BCUT2D eigenvalue weighted by Gasteiger charge is 2.22. The maximum atomic E-state index is 6.13. The number of guanidine groups is 1. The predicted octanol–water partition coefficient (Wildman–Crippen LogP) is 3.60. The van der Waals surface area contributed by atoms with Crippen molar-refractivity contribution in [2.75, 3.05) is 38.2 Å². The third kappa shape index (κ3) is 7.02. The summed E-state index contributed by atoms with van der Waals surface area (Å²) in [7, 11) is 3.65. The Morgan fingerprint density at radius 2 is 2.27 bits per heavy atom. The van der Waals surface area contributed by atoms with Crippen molar-refractivity contribution in [2.45, 2.75) is 31.9 Å². The van der Waals surface area contributed by atoms with Crippen molar-refractivity contribution in [1.29, 1.82) is 0 Å². The van der Waals surface area contributed by atoms with E-state index in [0.29, 0.717) is 17.6 Å². The molecule has 0 bridgehead atoms. The fourth-order valence-electron chi connectivity index (χ4n) is 3.61. The van der Waals surface area contributed by atoms with Crippen LogP contribution in [0.3, 0.4) is 0 Å². The number of anilines is 1. The molecule has 1 aliphatic rings. The molecule has 2 aromatic rings. The Hall–Kier alpha value is -1.52. The Morgan fingerprint density at radius 1 is 1.43 bits per heavy atom. The minimum absolute atomic E-state index is 0. The minimum atomic E-state index is -0.137. The van der Waals surface area contributed by atoms with Crippen LogP contribution >= 0.6 is 35.6 Å². The molecule has 9 heteroatoms. The minimum Gasteiger partial charge on any atom is -0.375 e. The van der Waals surface area contributed by atoms with Crippen molar-refractivity contribution in [3.63, 3.8) is 0 Å². The molecule has 1 aromatic carbocycles. The zero-order valence-electron chi connectivity index (χ0n) is 17.8. The van der Waals surface area contributed by atoms with Gasteiger partial charge in [-0.2, -0.15) is 5.10 Å². The molecule has 1 fully saturated rings. The third-order valence-corrected chi connectivity index (χ3v) is 5.32. The lowest BCUT2D eigenvalue weighted by molar-refractivity contribution is 0.111. The fourth-order valence-corrected chi connectivity index (χ4v) is 3.81. The van der Waals surface area contributed by atoms with Gasteiger partial charge in [-0.3, -0.25) is 9.67 Å². The number of aryl methyl sites for hydroxylation is 1. The molecule has 1 aromatic heterocycles. The van der Waals surface area contributed by atoms with Crippen molar-refractivity contribution >= 4 is 47.2 Å². The van der Waals surface area contributed by atoms with Gasteiger partial charge in [-0.05, 0) is 37.5 Å². The summed E-state index contributed by atoms with van der Waals surface area (Å²) in [6, 6.07) is 8.07. The molecular weight excluding hydrogens is 515 g/mol. The van der Waals surface area contributed by atoms with Gasteiger partial charge in [-0.25, -0.2) is 0 Å². The highest BCUT2D eigenvalue weighted by atomic mass is 127. The first-order valence-corrected chi connectivity index (χ1v) is 10.5. The number of aromatic nitrogens is 2. The maximum absolute atomic E-state index is 6.13. The Bertz CT molecular complexity index is 814.